The van der Waals surface area contributed by atoms with Gasteiger partial charge in [0.05, 0.1) is 13.2 Å². The normalized spacial score (nSPS) is 24.6. The van der Waals surface area contributed by atoms with Crippen molar-refractivity contribution in [2.75, 3.05) is 13.7 Å². The number of rotatable bonds is 2. The van der Waals surface area contributed by atoms with E-state index >= 15 is 0 Å². The van der Waals surface area contributed by atoms with Crippen LogP contribution in [0.4, 0.5) is 0 Å². The first-order chi connectivity index (χ1) is 7.31. The van der Waals surface area contributed by atoms with Gasteiger partial charge in [-0.25, -0.2) is 0 Å². The fourth-order valence-corrected chi connectivity index (χ4v) is 1.97. The minimum absolute atomic E-state index is 0. The van der Waals surface area contributed by atoms with Gasteiger partial charge in [-0.05, 0) is 30.5 Å². The van der Waals surface area contributed by atoms with E-state index in [0.29, 0.717) is 0 Å². The summed E-state index contributed by atoms with van der Waals surface area (Å²) in [7, 11) is 1.67. The van der Waals surface area contributed by atoms with Crippen molar-refractivity contribution in [3.63, 3.8) is 0 Å². The van der Waals surface area contributed by atoms with Gasteiger partial charge in [0, 0.05) is 12.6 Å². The summed E-state index contributed by atoms with van der Waals surface area (Å²) in [6.07, 6.45) is 2.11. The van der Waals surface area contributed by atoms with E-state index < -0.39 is 0 Å². The lowest BCUT2D eigenvalue weighted by Gasteiger charge is -2.29. The quantitative estimate of drug-likeness (QED) is 0.867. The highest BCUT2D eigenvalue weighted by molar-refractivity contribution is 5.85. The lowest BCUT2D eigenvalue weighted by Crippen LogP contribution is -2.34. The molecule has 1 aliphatic rings. The van der Waals surface area contributed by atoms with Crippen LogP contribution in [0.2, 0.25) is 0 Å². The lowest BCUT2D eigenvalue weighted by molar-refractivity contribution is 0.0000461. The molecule has 0 spiro atoms. The van der Waals surface area contributed by atoms with E-state index in [-0.39, 0.29) is 24.6 Å². The first kappa shape index (κ1) is 13.3. The van der Waals surface area contributed by atoms with Crippen molar-refractivity contribution in [2.24, 2.45) is 5.73 Å². The molecule has 2 atom stereocenters. The van der Waals surface area contributed by atoms with E-state index in [1.54, 1.807) is 7.11 Å². The maximum absolute atomic E-state index is 6.04. The van der Waals surface area contributed by atoms with Crippen LogP contribution >= 0.6 is 12.4 Å². The highest BCUT2D eigenvalue weighted by atomic mass is 35.5. The van der Waals surface area contributed by atoms with Crippen molar-refractivity contribution in [2.45, 2.75) is 25.0 Å². The van der Waals surface area contributed by atoms with Crippen LogP contribution < -0.4 is 10.5 Å². The Morgan fingerprint density at radius 2 is 2.25 bits per heavy atom. The average molecular weight is 244 g/mol. The number of methoxy groups -OCH3 is 1. The molecule has 1 fully saturated rings. The summed E-state index contributed by atoms with van der Waals surface area (Å²) in [6.45, 7) is 0.801. The first-order valence-corrected chi connectivity index (χ1v) is 5.32. The van der Waals surface area contributed by atoms with Crippen LogP contribution in [0.5, 0.6) is 5.75 Å². The predicted octanol–water partition coefficient (Wildman–Crippen LogP) is 2.30. The van der Waals surface area contributed by atoms with E-state index in [1.165, 1.54) is 0 Å². The Kier molecular flexibility index (Phi) is 5.06. The number of benzene rings is 1. The Hall–Kier alpha value is -0.770. The average Bonchev–Trinajstić information content (AvgIpc) is 2.30. The Morgan fingerprint density at radius 3 is 2.94 bits per heavy atom. The van der Waals surface area contributed by atoms with Gasteiger partial charge in [-0.1, -0.05) is 12.1 Å². The predicted molar refractivity (Wildman–Crippen MR) is 66.1 cm³/mol. The second-order valence-electron chi connectivity index (χ2n) is 3.87. The molecule has 3 nitrogen and oxygen atoms in total. The molecular formula is C12H18ClNO2. The third-order valence-electron chi connectivity index (χ3n) is 2.79. The van der Waals surface area contributed by atoms with Gasteiger partial charge in [0.15, 0.2) is 0 Å². The van der Waals surface area contributed by atoms with Crippen molar-refractivity contribution >= 4 is 12.4 Å². The van der Waals surface area contributed by atoms with Crippen LogP contribution in [-0.4, -0.2) is 19.8 Å². The van der Waals surface area contributed by atoms with Crippen molar-refractivity contribution in [1.82, 2.24) is 0 Å². The fraction of sp³-hybridized carbons (Fsp3) is 0.500. The molecular weight excluding hydrogens is 226 g/mol. The second kappa shape index (κ2) is 6.09. The minimum atomic E-state index is 0. The topological polar surface area (TPSA) is 44.5 Å². The smallest absolute Gasteiger partial charge is 0.119 e. The van der Waals surface area contributed by atoms with Gasteiger partial charge in [0.1, 0.15) is 5.75 Å². The van der Waals surface area contributed by atoms with Gasteiger partial charge < -0.3 is 15.2 Å². The van der Waals surface area contributed by atoms with Crippen molar-refractivity contribution < 1.29 is 9.47 Å². The summed E-state index contributed by atoms with van der Waals surface area (Å²) in [6, 6.07) is 8.04. The van der Waals surface area contributed by atoms with E-state index in [0.717, 1.165) is 30.8 Å². The Morgan fingerprint density at radius 1 is 1.44 bits per heavy atom. The molecule has 0 bridgehead atoms. The summed E-state index contributed by atoms with van der Waals surface area (Å²) in [5.41, 5.74) is 7.15. The van der Waals surface area contributed by atoms with E-state index in [2.05, 4.69) is 0 Å². The van der Waals surface area contributed by atoms with Crippen LogP contribution in [0.15, 0.2) is 24.3 Å². The van der Waals surface area contributed by atoms with Crippen molar-refractivity contribution in [1.29, 1.82) is 0 Å². The van der Waals surface area contributed by atoms with Crippen LogP contribution in [0.25, 0.3) is 0 Å². The van der Waals surface area contributed by atoms with E-state index in [4.69, 9.17) is 15.2 Å². The van der Waals surface area contributed by atoms with Gasteiger partial charge in [-0.3, -0.25) is 0 Å². The van der Waals surface area contributed by atoms with Gasteiger partial charge in [-0.15, -0.1) is 12.4 Å². The molecule has 1 saturated heterocycles. The summed E-state index contributed by atoms with van der Waals surface area (Å²) in [5, 5.41) is 0. The molecule has 4 heteroatoms. The fourth-order valence-electron chi connectivity index (χ4n) is 1.97. The zero-order valence-corrected chi connectivity index (χ0v) is 10.2. The molecule has 0 aliphatic carbocycles. The Labute approximate surface area is 102 Å². The molecule has 2 unspecified atom stereocenters. The molecule has 1 aromatic carbocycles. The highest BCUT2D eigenvalue weighted by Crippen LogP contribution is 2.28. The summed E-state index contributed by atoms with van der Waals surface area (Å²) < 4.78 is 10.9. The summed E-state index contributed by atoms with van der Waals surface area (Å²) in [5.74, 6) is 0.855. The van der Waals surface area contributed by atoms with Gasteiger partial charge in [-0.2, -0.15) is 0 Å². The van der Waals surface area contributed by atoms with Crippen molar-refractivity contribution in [3.8, 4) is 5.75 Å². The Bertz CT molecular complexity index is 333. The van der Waals surface area contributed by atoms with Crippen LogP contribution in [-0.2, 0) is 4.74 Å². The van der Waals surface area contributed by atoms with E-state index in [1.807, 2.05) is 24.3 Å². The number of halogens is 1. The minimum Gasteiger partial charge on any atom is -0.497 e. The first-order valence-electron chi connectivity index (χ1n) is 5.32. The molecule has 90 valence electrons. The van der Waals surface area contributed by atoms with Gasteiger partial charge in [0.25, 0.3) is 0 Å². The molecule has 0 amide bonds. The molecule has 0 radical (unpaired) electrons. The number of hydrogen-bond acceptors (Lipinski definition) is 3. The third-order valence-corrected chi connectivity index (χ3v) is 2.79. The highest BCUT2D eigenvalue weighted by Gasteiger charge is 2.24. The molecule has 2 N–H and O–H groups in total. The zero-order chi connectivity index (χ0) is 10.7. The van der Waals surface area contributed by atoms with E-state index in [9.17, 15) is 0 Å². The van der Waals surface area contributed by atoms with Crippen molar-refractivity contribution in [3.05, 3.63) is 29.8 Å². The monoisotopic (exact) mass is 243 g/mol. The number of nitrogens with two attached hydrogens (primary N) is 1. The van der Waals surface area contributed by atoms with Crippen LogP contribution in [0.3, 0.4) is 0 Å². The molecule has 0 saturated carbocycles. The lowest BCUT2D eigenvalue weighted by atomic mass is 9.97. The largest absolute Gasteiger partial charge is 0.497 e. The molecule has 0 aromatic heterocycles. The van der Waals surface area contributed by atoms with Crippen LogP contribution in [0, 0.1) is 0 Å². The van der Waals surface area contributed by atoms with Gasteiger partial charge in [0.2, 0.25) is 0 Å². The summed E-state index contributed by atoms with van der Waals surface area (Å²) in [4.78, 5) is 0. The maximum Gasteiger partial charge on any atom is 0.119 e. The molecule has 1 heterocycles. The molecule has 2 rings (SSSR count). The molecule has 1 aromatic rings. The summed E-state index contributed by atoms with van der Waals surface area (Å²) >= 11 is 0. The molecule has 16 heavy (non-hydrogen) atoms. The SMILES string of the molecule is COc1cccc(C2OCCCC2N)c1.Cl. The number of hydrogen-bond donors (Lipinski definition) is 1. The maximum atomic E-state index is 6.04. The standard InChI is InChI=1S/C12H17NO2.ClH/c1-14-10-5-2-4-9(8-10)12-11(13)6-3-7-15-12;/h2,4-5,8,11-12H,3,6-7,13H2,1H3;1H. The third kappa shape index (κ3) is 2.88. The number of ether oxygens (including phenoxy) is 2. The van der Waals surface area contributed by atoms with Crippen LogP contribution in [0.1, 0.15) is 24.5 Å². The second-order valence-corrected chi connectivity index (χ2v) is 3.87. The molecule has 1 aliphatic heterocycles. The Balaban J connectivity index is 0.00000128. The zero-order valence-electron chi connectivity index (χ0n) is 9.39. The van der Waals surface area contributed by atoms with Gasteiger partial charge >= 0.3 is 0 Å².